The number of rotatable bonds is 10. The first-order valence-corrected chi connectivity index (χ1v) is 10.3. The molecule has 0 spiro atoms. The third kappa shape index (κ3) is 5.93. The molecule has 1 aromatic heterocycles. The van der Waals surface area contributed by atoms with Gasteiger partial charge >= 0.3 is 0 Å². The highest BCUT2D eigenvalue weighted by molar-refractivity contribution is 6.31. The van der Waals surface area contributed by atoms with Crippen LogP contribution in [0.3, 0.4) is 0 Å². The standard InChI is InChI=1S/C23H24ClN3O4/c1-31-14-6-13-26(23(28)18-8-4-9-20(15-18)27(29)30)17-21-10-5-12-25(21)16-19-7-2-3-11-22(19)24/h2-5,7-12,15H,6,13-14,16-17H2,1H3. The van der Waals surface area contributed by atoms with Crippen LogP contribution < -0.4 is 0 Å². The lowest BCUT2D eigenvalue weighted by Crippen LogP contribution is -2.33. The Labute approximate surface area is 186 Å². The summed E-state index contributed by atoms with van der Waals surface area (Å²) in [6, 6.07) is 17.3. The molecule has 0 atom stereocenters. The Morgan fingerprint density at radius 1 is 1.16 bits per heavy atom. The fourth-order valence-corrected chi connectivity index (χ4v) is 3.54. The van der Waals surface area contributed by atoms with Crippen molar-refractivity contribution in [3.8, 4) is 0 Å². The first-order chi connectivity index (χ1) is 15.0. The normalized spacial score (nSPS) is 10.8. The van der Waals surface area contributed by atoms with Crippen molar-refractivity contribution in [2.45, 2.75) is 19.5 Å². The van der Waals surface area contributed by atoms with Crippen molar-refractivity contribution in [3.05, 3.63) is 98.8 Å². The summed E-state index contributed by atoms with van der Waals surface area (Å²) >= 11 is 6.31. The molecular weight excluding hydrogens is 418 g/mol. The number of carbonyl (C=O) groups is 1. The van der Waals surface area contributed by atoms with Gasteiger partial charge in [-0.15, -0.1) is 0 Å². The number of nitrogens with zero attached hydrogens (tertiary/aromatic N) is 3. The second kappa shape index (κ2) is 10.7. The highest BCUT2D eigenvalue weighted by atomic mass is 35.5. The quantitative estimate of drug-likeness (QED) is 0.258. The summed E-state index contributed by atoms with van der Waals surface area (Å²) in [5, 5.41) is 11.8. The molecule has 1 amide bonds. The summed E-state index contributed by atoms with van der Waals surface area (Å²) in [6.07, 6.45) is 2.60. The zero-order valence-electron chi connectivity index (χ0n) is 17.2. The molecule has 0 aliphatic carbocycles. The van der Waals surface area contributed by atoms with E-state index in [2.05, 4.69) is 0 Å². The van der Waals surface area contributed by atoms with E-state index in [0.717, 1.165) is 11.3 Å². The highest BCUT2D eigenvalue weighted by Crippen LogP contribution is 2.20. The lowest BCUT2D eigenvalue weighted by molar-refractivity contribution is -0.384. The Morgan fingerprint density at radius 3 is 2.71 bits per heavy atom. The number of aromatic nitrogens is 1. The molecule has 3 aromatic rings. The molecule has 0 fully saturated rings. The van der Waals surface area contributed by atoms with Crippen molar-refractivity contribution >= 4 is 23.2 Å². The van der Waals surface area contributed by atoms with Gasteiger partial charge in [0, 0.05) is 61.4 Å². The summed E-state index contributed by atoms with van der Waals surface area (Å²) in [5.41, 5.74) is 2.11. The van der Waals surface area contributed by atoms with Crippen LogP contribution in [0.15, 0.2) is 66.9 Å². The minimum absolute atomic E-state index is 0.107. The second-order valence-electron chi connectivity index (χ2n) is 7.10. The maximum Gasteiger partial charge on any atom is 0.270 e. The number of nitro benzene ring substituents is 1. The number of amides is 1. The van der Waals surface area contributed by atoms with E-state index in [1.807, 2.05) is 47.2 Å². The molecule has 0 aliphatic heterocycles. The van der Waals surface area contributed by atoms with Gasteiger partial charge in [0.2, 0.25) is 0 Å². The zero-order valence-corrected chi connectivity index (χ0v) is 18.0. The van der Waals surface area contributed by atoms with Gasteiger partial charge in [0.05, 0.1) is 11.5 Å². The molecule has 162 valence electrons. The maximum atomic E-state index is 13.2. The van der Waals surface area contributed by atoms with Crippen molar-refractivity contribution in [2.75, 3.05) is 20.3 Å². The monoisotopic (exact) mass is 441 g/mol. The van der Waals surface area contributed by atoms with Gasteiger partial charge in [0.1, 0.15) is 0 Å². The molecule has 0 unspecified atom stereocenters. The van der Waals surface area contributed by atoms with Crippen molar-refractivity contribution in [3.63, 3.8) is 0 Å². The first-order valence-electron chi connectivity index (χ1n) is 9.89. The van der Waals surface area contributed by atoms with Gasteiger partial charge in [0.25, 0.3) is 11.6 Å². The van der Waals surface area contributed by atoms with Crippen LogP contribution in [-0.4, -0.2) is 40.6 Å². The lowest BCUT2D eigenvalue weighted by Gasteiger charge is -2.24. The molecular formula is C23H24ClN3O4. The number of carbonyl (C=O) groups excluding carboxylic acids is 1. The molecule has 3 rings (SSSR count). The van der Waals surface area contributed by atoms with E-state index >= 15 is 0 Å². The van der Waals surface area contributed by atoms with Gasteiger partial charge in [0.15, 0.2) is 0 Å². The van der Waals surface area contributed by atoms with E-state index in [1.165, 1.54) is 18.2 Å². The SMILES string of the molecule is COCCCN(Cc1cccn1Cc1ccccc1Cl)C(=O)c1cccc([N+](=O)[O-])c1. The van der Waals surface area contributed by atoms with Crippen LogP contribution >= 0.6 is 11.6 Å². The van der Waals surface area contributed by atoms with Crippen LogP contribution in [0, 0.1) is 10.1 Å². The predicted molar refractivity (Wildman–Crippen MR) is 119 cm³/mol. The molecule has 0 saturated carbocycles. The van der Waals surface area contributed by atoms with Crippen LogP contribution in [0.25, 0.3) is 0 Å². The number of hydrogen-bond acceptors (Lipinski definition) is 4. The van der Waals surface area contributed by atoms with E-state index < -0.39 is 4.92 Å². The summed E-state index contributed by atoms with van der Waals surface area (Å²) in [4.78, 5) is 25.5. The van der Waals surface area contributed by atoms with E-state index in [-0.39, 0.29) is 17.2 Å². The van der Waals surface area contributed by atoms with Crippen molar-refractivity contribution in [2.24, 2.45) is 0 Å². The number of ether oxygens (including phenoxy) is 1. The van der Waals surface area contributed by atoms with E-state index in [9.17, 15) is 14.9 Å². The Kier molecular flexibility index (Phi) is 7.81. The largest absolute Gasteiger partial charge is 0.385 e. The Bertz CT molecular complexity index is 1050. The van der Waals surface area contributed by atoms with Crippen LogP contribution in [0.2, 0.25) is 5.02 Å². The fourth-order valence-electron chi connectivity index (χ4n) is 3.34. The average molecular weight is 442 g/mol. The van der Waals surface area contributed by atoms with Crippen LogP contribution in [0.4, 0.5) is 5.69 Å². The molecule has 0 bridgehead atoms. The predicted octanol–water partition coefficient (Wildman–Crippen LogP) is 4.78. The van der Waals surface area contributed by atoms with Gasteiger partial charge in [-0.3, -0.25) is 14.9 Å². The van der Waals surface area contributed by atoms with Crippen LogP contribution in [0.1, 0.15) is 28.0 Å². The van der Waals surface area contributed by atoms with Crippen LogP contribution in [0.5, 0.6) is 0 Å². The smallest absolute Gasteiger partial charge is 0.270 e. The molecule has 0 N–H and O–H groups in total. The molecule has 7 nitrogen and oxygen atoms in total. The fraction of sp³-hybridized carbons (Fsp3) is 0.261. The molecule has 0 radical (unpaired) electrons. The van der Waals surface area contributed by atoms with Crippen molar-refractivity contribution in [1.82, 2.24) is 9.47 Å². The van der Waals surface area contributed by atoms with Crippen molar-refractivity contribution in [1.29, 1.82) is 0 Å². The van der Waals surface area contributed by atoms with Gasteiger partial charge in [-0.05, 0) is 36.2 Å². The third-order valence-corrected chi connectivity index (χ3v) is 5.31. The molecule has 1 heterocycles. The number of non-ortho nitro benzene ring substituents is 1. The topological polar surface area (TPSA) is 77.6 Å². The number of halogens is 1. The number of benzene rings is 2. The summed E-state index contributed by atoms with van der Waals surface area (Å²) in [7, 11) is 1.61. The van der Waals surface area contributed by atoms with E-state index in [1.54, 1.807) is 18.1 Å². The van der Waals surface area contributed by atoms with Crippen LogP contribution in [-0.2, 0) is 17.8 Å². The summed E-state index contributed by atoms with van der Waals surface area (Å²) < 4.78 is 7.18. The molecule has 0 aliphatic rings. The maximum absolute atomic E-state index is 13.2. The second-order valence-corrected chi connectivity index (χ2v) is 7.51. The molecule has 0 saturated heterocycles. The van der Waals surface area contributed by atoms with Gasteiger partial charge in [-0.1, -0.05) is 35.9 Å². The molecule has 31 heavy (non-hydrogen) atoms. The third-order valence-electron chi connectivity index (χ3n) is 4.94. The van der Waals surface area contributed by atoms with Gasteiger partial charge in [-0.25, -0.2) is 0 Å². The van der Waals surface area contributed by atoms with Gasteiger partial charge < -0.3 is 14.2 Å². The van der Waals surface area contributed by atoms with Gasteiger partial charge in [-0.2, -0.15) is 0 Å². The molecule has 8 heteroatoms. The first kappa shape index (κ1) is 22.5. The Balaban J connectivity index is 1.83. The number of hydrogen-bond donors (Lipinski definition) is 0. The number of methoxy groups -OCH3 is 1. The van der Waals surface area contributed by atoms with Crippen molar-refractivity contribution < 1.29 is 14.5 Å². The lowest BCUT2D eigenvalue weighted by atomic mass is 10.1. The minimum atomic E-state index is -0.499. The van der Waals surface area contributed by atoms with E-state index in [0.29, 0.717) is 37.7 Å². The summed E-state index contributed by atoms with van der Waals surface area (Å²) in [5.74, 6) is -0.259. The van der Waals surface area contributed by atoms with E-state index in [4.69, 9.17) is 16.3 Å². The minimum Gasteiger partial charge on any atom is -0.385 e. The Hall–Kier alpha value is -3.16. The zero-order chi connectivity index (χ0) is 22.2. The number of nitro groups is 1. The molecule has 2 aromatic carbocycles. The Morgan fingerprint density at radius 2 is 1.97 bits per heavy atom. The average Bonchev–Trinajstić information content (AvgIpc) is 3.21. The highest BCUT2D eigenvalue weighted by Gasteiger charge is 2.20. The summed E-state index contributed by atoms with van der Waals surface area (Å²) in [6.45, 7) is 1.92.